The van der Waals surface area contributed by atoms with Gasteiger partial charge >= 0.3 is 5.51 Å². The van der Waals surface area contributed by atoms with Crippen LogP contribution in [-0.4, -0.2) is 31.7 Å². The van der Waals surface area contributed by atoms with Gasteiger partial charge in [0, 0.05) is 10.9 Å². The fourth-order valence-electron chi connectivity index (χ4n) is 1.36. The Kier molecular flexibility index (Phi) is 5.87. The Morgan fingerprint density at radius 2 is 1.85 bits per heavy atom. The zero-order valence-electron chi connectivity index (χ0n) is 10.5. The summed E-state index contributed by atoms with van der Waals surface area (Å²) in [5, 5.41) is 8.95. The molecule has 20 heavy (non-hydrogen) atoms. The Bertz CT molecular complexity index is 525. The molecule has 1 aromatic carbocycles. The van der Waals surface area contributed by atoms with Crippen molar-refractivity contribution in [3.63, 3.8) is 0 Å². The molecule has 0 fully saturated rings. The van der Waals surface area contributed by atoms with E-state index in [1.54, 1.807) is 6.92 Å². The Hall–Kier alpha value is -0.770. The van der Waals surface area contributed by atoms with E-state index < -0.39 is 21.6 Å². The van der Waals surface area contributed by atoms with Crippen LogP contribution in [-0.2, 0) is 10.0 Å². The van der Waals surface area contributed by atoms with E-state index in [0.717, 1.165) is 24.3 Å². The second kappa shape index (κ2) is 6.79. The molecule has 0 aromatic heterocycles. The average Bonchev–Trinajstić information content (AvgIpc) is 2.34. The molecule has 0 aliphatic rings. The van der Waals surface area contributed by atoms with Crippen LogP contribution in [0.3, 0.4) is 0 Å². The quantitative estimate of drug-likeness (QED) is 0.786. The van der Waals surface area contributed by atoms with Gasteiger partial charge in [0.25, 0.3) is 0 Å². The van der Waals surface area contributed by atoms with E-state index in [0.29, 0.717) is 6.42 Å². The Labute approximate surface area is 119 Å². The highest BCUT2D eigenvalue weighted by atomic mass is 32.2. The van der Waals surface area contributed by atoms with Crippen molar-refractivity contribution >= 4 is 21.8 Å². The maximum absolute atomic E-state index is 12.1. The van der Waals surface area contributed by atoms with E-state index >= 15 is 0 Å². The molecule has 0 aliphatic heterocycles. The number of hydrogen-bond acceptors (Lipinski definition) is 4. The molecule has 1 rings (SSSR count). The Morgan fingerprint density at radius 3 is 2.25 bits per heavy atom. The molecule has 9 heteroatoms. The second-order valence-electron chi connectivity index (χ2n) is 3.93. The van der Waals surface area contributed by atoms with Crippen LogP contribution in [0.2, 0.25) is 0 Å². The molecule has 2 N–H and O–H groups in total. The molecule has 0 saturated carbocycles. The van der Waals surface area contributed by atoms with E-state index in [1.165, 1.54) is 0 Å². The SMILES string of the molecule is CC[C@H](CO)NS(=O)(=O)c1ccc(SC(F)(F)F)cc1. The van der Waals surface area contributed by atoms with Gasteiger partial charge in [0.2, 0.25) is 10.0 Å². The number of alkyl halides is 3. The van der Waals surface area contributed by atoms with Crippen LogP contribution in [0, 0.1) is 0 Å². The van der Waals surface area contributed by atoms with Crippen LogP contribution in [0.4, 0.5) is 13.2 Å². The summed E-state index contributed by atoms with van der Waals surface area (Å²) >= 11 is -0.312. The molecular formula is C11H14F3NO3S2. The van der Waals surface area contributed by atoms with Crippen molar-refractivity contribution in [2.75, 3.05) is 6.61 Å². The third-order valence-electron chi connectivity index (χ3n) is 2.40. The second-order valence-corrected chi connectivity index (χ2v) is 6.78. The number of aliphatic hydroxyl groups excluding tert-OH is 1. The first-order valence-electron chi connectivity index (χ1n) is 5.67. The molecule has 1 aromatic rings. The van der Waals surface area contributed by atoms with Crippen molar-refractivity contribution in [2.45, 2.75) is 34.7 Å². The molecule has 0 bridgehead atoms. The summed E-state index contributed by atoms with van der Waals surface area (Å²) in [7, 11) is -3.84. The van der Waals surface area contributed by atoms with Crippen molar-refractivity contribution in [3.05, 3.63) is 24.3 Å². The molecule has 0 heterocycles. The maximum Gasteiger partial charge on any atom is 0.446 e. The lowest BCUT2D eigenvalue weighted by molar-refractivity contribution is -0.0328. The molecule has 0 spiro atoms. The van der Waals surface area contributed by atoms with E-state index in [1.807, 2.05) is 0 Å². The third-order valence-corrected chi connectivity index (χ3v) is 4.68. The van der Waals surface area contributed by atoms with Crippen LogP contribution >= 0.6 is 11.8 Å². The Morgan fingerprint density at radius 1 is 1.30 bits per heavy atom. The minimum absolute atomic E-state index is 0.0920. The van der Waals surface area contributed by atoms with E-state index in [4.69, 9.17) is 5.11 Å². The predicted octanol–water partition coefficient (Wildman–Crippen LogP) is 2.35. The van der Waals surface area contributed by atoms with Gasteiger partial charge in [-0.15, -0.1) is 0 Å². The smallest absolute Gasteiger partial charge is 0.395 e. The predicted molar refractivity (Wildman–Crippen MR) is 69.8 cm³/mol. The highest BCUT2D eigenvalue weighted by Crippen LogP contribution is 2.36. The van der Waals surface area contributed by atoms with Gasteiger partial charge in [-0.1, -0.05) is 6.92 Å². The summed E-state index contributed by atoms with van der Waals surface area (Å²) in [6, 6.07) is 3.75. The van der Waals surface area contributed by atoms with Crippen molar-refractivity contribution in [1.29, 1.82) is 0 Å². The van der Waals surface area contributed by atoms with Gasteiger partial charge in [0.15, 0.2) is 0 Å². The largest absolute Gasteiger partial charge is 0.446 e. The first-order valence-corrected chi connectivity index (χ1v) is 7.97. The van der Waals surface area contributed by atoms with Crippen LogP contribution in [0.15, 0.2) is 34.1 Å². The molecule has 4 nitrogen and oxygen atoms in total. The van der Waals surface area contributed by atoms with Gasteiger partial charge in [0.05, 0.1) is 11.5 Å². The number of rotatable bonds is 6. The van der Waals surface area contributed by atoms with Crippen LogP contribution in [0.1, 0.15) is 13.3 Å². The topological polar surface area (TPSA) is 66.4 Å². The summed E-state index contributed by atoms with van der Waals surface area (Å²) in [4.78, 5) is -0.235. The fraction of sp³-hybridized carbons (Fsp3) is 0.455. The number of benzene rings is 1. The highest BCUT2D eigenvalue weighted by molar-refractivity contribution is 8.00. The molecule has 0 saturated heterocycles. The number of thioether (sulfide) groups is 1. The van der Waals surface area contributed by atoms with Gasteiger partial charge < -0.3 is 5.11 Å². The Balaban J connectivity index is 2.87. The summed E-state index contributed by atoms with van der Waals surface area (Å²) in [5.74, 6) is 0. The minimum Gasteiger partial charge on any atom is -0.395 e. The lowest BCUT2D eigenvalue weighted by Crippen LogP contribution is -2.36. The summed E-state index contributed by atoms with van der Waals surface area (Å²) in [6.45, 7) is 1.35. The van der Waals surface area contributed by atoms with Gasteiger partial charge in [-0.05, 0) is 42.4 Å². The van der Waals surface area contributed by atoms with E-state index in [9.17, 15) is 21.6 Å². The van der Waals surface area contributed by atoms with Crippen molar-refractivity contribution < 1.29 is 26.7 Å². The molecular weight excluding hydrogens is 315 g/mol. The van der Waals surface area contributed by atoms with Crippen LogP contribution in [0.25, 0.3) is 0 Å². The van der Waals surface area contributed by atoms with Crippen molar-refractivity contribution in [3.8, 4) is 0 Å². The van der Waals surface area contributed by atoms with Crippen LogP contribution < -0.4 is 4.72 Å². The van der Waals surface area contributed by atoms with Crippen LogP contribution in [0.5, 0.6) is 0 Å². The number of nitrogens with one attached hydrogen (secondary N) is 1. The zero-order chi connectivity index (χ0) is 15.4. The molecule has 0 amide bonds. The van der Waals surface area contributed by atoms with Gasteiger partial charge in [-0.25, -0.2) is 13.1 Å². The minimum atomic E-state index is -4.41. The van der Waals surface area contributed by atoms with Crippen molar-refractivity contribution in [2.24, 2.45) is 0 Å². The normalized spacial score (nSPS) is 14.2. The average molecular weight is 329 g/mol. The molecule has 0 aliphatic carbocycles. The molecule has 0 radical (unpaired) electrons. The lowest BCUT2D eigenvalue weighted by atomic mass is 10.3. The van der Waals surface area contributed by atoms with E-state index in [2.05, 4.69) is 4.72 Å². The molecule has 0 unspecified atom stereocenters. The van der Waals surface area contributed by atoms with E-state index in [-0.39, 0.29) is 28.2 Å². The monoisotopic (exact) mass is 329 g/mol. The fourth-order valence-corrected chi connectivity index (χ4v) is 3.21. The van der Waals surface area contributed by atoms with Gasteiger partial charge in [-0.2, -0.15) is 13.2 Å². The standard InChI is InChI=1S/C11H14F3NO3S2/c1-2-8(7-16)15-20(17,18)10-5-3-9(4-6-10)19-11(12,13)14/h3-6,8,15-16H,2,7H2,1H3/t8-/m1/s1. The third kappa shape index (κ3) is 5.31. The summed E-state index contributed by atoms with van der Waals surface area (Å²) in [5.41, 5.74) is -4.41. The number of aliphatic hydroxyl groups is 1. The zero-order valence-corrected chi connectivity index (χ0v) is 12.1. The lowest BCUT2D eigenvalue weighted by Gasteiger charge is -2.14. The first kappa shape index (κ1) is 17.3. The first-order chi connectivity index (χ1) is 9.18. The van der Waals surface area contributed by atoms with Crippen molar-refractivity contribution in [1.82, 2.24) is 4.72 Å². The van der Waals surface area contributed by atoms with Gasteiger partial charge in [0.1, 0.15) is 0 Å². The number of hydrogen-bond donors (Lipinski definition) is 2. The molecule has 114 valence electrons. The summed E-state index contributed by atoms with van der Waals surface area (Å²) in [6.07, 6.45) is 0.401. The van der Waals surface area contributed by atoms with Gasteiger partial charge in [-0.3, -0.25) is 0 Å². The number of halogens is 3. The molecule has 1 atom stereocenters. The summed E-state index contributed by atoms with van der Waals surface area (Å²) < 4.78 is 62.5. The maximum atomic E-state index is 12.1. The highest BCUT2D eigenvalue weighted by Gasteiger charge is 2.29. The number of sulfonamides is 1.